The first-order chi connectivity index (χ1) is 15.4. The number of hydrogen-bond acceptors (Lipinski definition) is 5. The highest BCUT2D eigenvalue weighted by Crippen LogP contribution is 2.40. The van der Waals surface area contributed by atoms with Crippen molar-refractivity contribution in [1.29, 1.82) is 0 Å². The smallest absolute Gasteiger partial charge is 0.344 e. The van der Waals surface area contributed by atoms with E-state index in [-0.39, 0.29) is 17.8 Å². The molecule has 0 fully saturated rings. The second-order valence-corrected chi connectivity index (χ2v) is 8.65. The molecule has 5 nitrogen and oxygen atoms in total. The van der Waals surface area contributed by atoms with Crippen molar-refractivity contribution in [1.82, 2.24) is 4.90 Å². The minimum Gasteiger partial charge on any atom is -0.481 e. The van der Waals surface area contributed by atoms with Crippen LogP contribution in [0.3, 0.4) is 0 Å². The average molecular weight is 456 g/mol. The van der Waals surface area contributed by atoms with Crippen LogP contribution in [0.2, 0.25) is 0 Å². The molecule has 0 saturated carbocycles. The summed E-state index contributed by atoms with van der Waals surface area (Å²) in [5, 5.41) is 0.202. The summed E-state index contributed by atoms with van der Waals surface area (Å²) in [4.78, 5) is 27.0. The zero-order chi connectivity index (χ0) is 23.5. The summed E-state index contributed by atoms with van der Waals surface area (Å²) in [7, 11) is 0. The summed E-state index contributed by atoms with van der Waals surface area (Å²) in [6, 6.07) is 16.1. The van der Waals surface area contributed by atoms with Crippen LogP contribution in [0.5, 0.6) is 5.75 Å². The van der Waals surface area contributed by atoms with E-state index in [1.807, 2.05) is 57.2 Å². The number of hydrogen-bond donors (Lipinski definition) is 0. The summed E-state index contributed by atoms with van der Waals surface area (Å²) >= 11 is 1.66. The van der Waals surface area contributed by atoms with E-state index in [1.165, 1.54) is 5.56 Å². The third kappa shape index (κ3) is 7.45. The van der Waals surface area contributed by atoms with E-state index in [4.69, 9.17) is 9.47 Å². The topological polar surface area (TPSA) is 55.8 Å². The van der Waals surface area contributed by atoms with Crippen LogP contribution in [-0.2, 0) is 14.3 Å². The van der Waals surface area contributed by atoms with Crippen LogP contribution in [0.25, 0.3) is 5.57 Å². The summed E-state index contributed by atoms with van der Waals surface area (Å²) < 4.78 is 10.9. The van der Waals surface area contributed by atoms with Crippen LogP contribution in [0.15, 0.2) is 59.5 Å². The maximum atomic E-state index is 12.5. The Kier molecular flexibility index (Phi) is 10.3. The molecule has 0 spiro atoms. The van der Waals surface area contributed by atoms with Gasteiger partial charge in [-0.1, -0.05) is 36.4 Å². The zero-order valence-corrected chi connectivity index (χ0v) is 20.4. The Bertz CT molecular complexity index is 923. The van der Waals surface area contributed by atoms with Gasteiger partial charge in [0.2, 0.25) is 5.91 Å². The molecule has 0 saturated heterocycles. The number of carbonyl (C=O) groups is 2. The van der Waals surface area contributed by atoms with E-state index in [0.717, 1.165) is 16.0 Å². The number of nitrogens with zero attached hydrogens (tertiary/aromatic N) is 1. The highest BCUT2D eigenvalue weighted by atomic mass is 32.2. The molecule has 2 rings (SSSR count). The molecule has 1 atom stereocenters. The summed E-state index contributed by atoms with van der Waals surface area (Å²) in [6.45, 7) is 11.2. The van der Waals surface area contributed by atoms with Crippen molar-refractivity contribution in [2.24, 2.45) is 0 Å². The van der Waals surface area contributed by atoms with E-state index in [9.17, 15) is 9.59 Å². The number of likely N-dealkylation sites (N-methyl/N-ethyl adjacent to an activating group) is 1. The molecule has 2 aromatic carbocycles. The molecular weight excluding hydrogens is 422 g/mol. The van der Waals surface area contributed by atoms with Gasteiger partial charge in [0.25, 0.3) is 0 Å². The number of thioether (sulfide) groups is 1. The molecule has 172 valence electrons. The summed E-state index contributed by atoms with van der Waals surface area (Å²) in [6.07, 6.45) is 1.65. The third-order valence-electron chi connectivity index (χ3n) is 5.04. The highest BCUT2D eigenvalue weighted by molar-refractivity contribution is 7.99. The van der Waals surface area contributed by atoms with Gasteiger partial charge >= 0.3 is 5.97 Å². The fraction of sp³-hybridized carbons (Fsp3) is 0.385. The van der Waals surface area contributed by atoms with Crippen molar-refractivity contribution in [3.63, 3.8) is 0 Å². The summed E-state index contributed by atoms with van der Waals surface area (Å²) in [5.74, 6) is 0.179. The predicted molar refractivity (Wildman–Crippen MR) is 131 cm³/mol. The van der Waals surface area contributed by atoms with Crippen molar-refractivity contribution in [2.45, 2.75) is 44.8 Å². The van der Waals surface area contributed by atoms with Crippen molar-refractivity contribution < 1.29 is 19.1 Å². The molecule has 0 heterocycles. The lowest BCUT2D eigenvalue weighted by atomic mass is 10.1. The van der Waals surface area contributed by atoms with Gasteiger partial charge in [0, 0.05) is 24.4 Å². The Labute approximate surface area is 195 Å². The SMILES string of the molecule is CCOC(=O)COc1cc(C(C)=CC(=O)N(CC)CC)ccc1SC(C)c1ccccc1. The maximum Gasteiger partial charge on any atom is 0.344 e. The molecule has 0 bridgehead atoms. The Balaban J connectivity index is 2.30. The van der Waals surface area contributed by atoms with E-state index in [0.29, 0.717) is 25.4 Å². The zero-order valence-electron chi connectivity index (χ0n) is 19.6. The summed E-state index contributed by atoms with van der Waals surface area (Å²) in [5.41, 5.74) is 2.93. The first kappa shape index (κ1) is 25.5. The highest BCUT2D eigenvalue weighted by Gasteiger charge is 2.15. The molecule has 2 aromatic rings. The minimum absolute atomic E-state index is 0.0161. The largest absolute Gasteiger partial charge is 0.481 e. The Morgan fingerprint density at radius 1 is 1.06 bits per heavy atom. The fourth-order valence-corrected chi connectivity index (χ4v) is 4.24. The number of rotatable bonds is 11. The number of benzene rings is 2. The number of carbonyl (C=O) groups excluding carboxylic acids is 2. The van der Waals surface area contributed by atoms with E-state index in [1.54, 1.807) is 29.7 Å². The van der Waals surface area contributed by atoms with Crippen LogP contribution in [0.4, 0.5) is 0 Å². The van der Waals surface area contributed by atoms with Gasteiger partial charge in [0.1, 0.15) is 5.75 Å². The molecule has 0 aliphatic heterocycles. The van der Waals surface area contributed by atoms with Gasteiger partial charge in [-0.3, -0.25) is 4.79 Å². The standard InChI is InChI=1S/C26H33NO4S/c1-6-27(7-2)25(28)16-19(4)22-14-15-24(23(17-22)31-18-26(29)30-8-3)32-20(5)21-12-10-9-11-13-21/h9-17,20H,6-8,18H2,1-5H3. The number of allylic oxidation sites excluding steroid dienone is 1. The Morgan fingerprint density at radius 2 is 1.75 bits per heavy atom. The van der Waals surface area contributed by atoms with Crippen molar-refractivity contribution in [3.05, 3.63) is 65.7 Å². The lowest BCUT2D eigenvalue weighted by molar-refractivity contribution is -0.145. The van der Waals surface area contributed by atoms with Crippen molar-refractivity contribution in [3.8, 4) is 5.75 Å². The molecule has 1 unspecified atom stereocenters. The normalized spacial score (nSPS) is 12.2. The van der Waals surface area contributed by atoms with Crippen LogP contribution in [0.1, 0.15) is 51.0 Å². The first-order valence-corrected chi connectivity index (χ1v) is 11.9. The molecule has 0 aliphatic rings. The molecule has 0 aliphatic carbocycles. The number of esters is 1. The van der Waals surface area contributed by atoms with Crippen LogP contribution < -0.4 is 4.74 Å². The van der Waals surface area contributed by atoms with Gasteiger partial charge in [0.05, 0.1) is 11.5 Å². The molecule has 0 aromatic heterocycles. The van der Waals surface area contributed by atoms with Gasteiger partial charge < -0.3 is 14.4 Å². The quantitative estimate of drug-likeness (QED) is 0.245. The van der Waals surface area contributed by atoms with Crippen LogP contribution in [-0.4, -0.2) is 43.1 Å². The minimum atomic E-state index is -0.408. The molecule has 32 heavy (non-hydrogen) atoms. The first-order valence-electron chi connectivity index (χ1n) is 11.0. The second-order valence-electron chi connectivity index (χ2n) is 7.26. The van der Waals surface area contributed by atoms with E-state index < -0.39 is 5.97 Å². The number of amides is 1. The molecule has 1 amide bonds. The second kappa shape index (κ2) is 13.0. The van der Waals surface area contributed by atoms with Gasteiger partial charge in [-0.05, 0) is 63.5 Å². The molecule has 6 heteroatoms. The van der Waals surface area contributed by atoms with Crippen LogP contribution >= 0.6 is 11.8 Å². The van der Waals surface area contributed by atoms with E-state index in [2.05, 4.69) is 19.1 Å². The molecule has 0 radical (unpaired) electrons. The molecule has 0 N–H and O–H groups in total. The van der Waals surface area contributed by atoms with Crippen molar-refractivity contribution >= 4 is 29.2 Å². The number of ether oxygens (including phenoxy) is 2. The molecular formula is C26H33NO4S. The average Bonchev–Trinajstić information content (AvgIpc) is 2.79. The van der Waals surface area contributed by atoms with Gasteiger partial charge in [-0.15, -0.1) is 11.8 Å². The van der Waals surface area contributed by atoms with Gasteiger partial charge in [-0.2, -0.15) is 0 Å². The Morgan fingerprint density at radius 3 is 2.38 bits per heavy atom. The Hall–Kier alpha value is -2.73. The van der Waals surface area contributed by atoms with Gasteiger partial charge in [0.15, 0.2) is 6.61 Å². The third-order valence-corrected chi connectivity index (χ3v) is 6.25. The van der Waals surface area contributed by atoms with E-state index >= 15 is 0 Å². The predicted octanol–water partition coefficient (Wildman–Crippen LogP) is 5.75. The van der Waals surface area contributed by atoms with Crippen LogP contribution in [0, 0.1) is 0 Å². The lowest BCUT2D eigenvalue weighted by Crippen LogP contribution is -2.28. The lowest BCUT2D eigenvalue weighted by Gasteiger charge is -2.18. The van der Waals surface area contributed by atoms with Gasteiger partial charge in [-0.25, -0.2) is 4.79 Å². The maximum absolute atomic E-state index is 12.5. The fourth-order valence-electron chi connectivity index (χ4n) is 3.18. The monoisotopic (exact) mass is 455 g/mol. The van der Waals surface area contributed by atoms with Crippen molar-refractivity contribution in [2.75, 3.05) is 26.3 Å².